The monoisotopic (exact) mass is 305 g/mol. The molecule has 110 valence electrons. The summed E-state index contributed by atoms with van der Waals surface area (Å²) in [7, 11) is 0. The molecule has 6 nitrogen and oxygen atoms in total. The second-order valence-corrected chi connectivity index (χ2v) is 6.31. The lowest BCUT2D eigenvalue weighted by atomic mass is 9.76. The van der Waals surface area contributed by atoms with Gasteiger partial charge in [-0.1, -0.05) is 0 Å². The summed E-state index contributed by atoms with van der Waals surface area (Å²) in [5.74, 6) is -1.36. The second kappa shape index (κ2) is 5.00. The van der Waals surface area contributed by atoms with Crippen LogP contribution in [0.5, 0.6) is 0 Å². The zero-order valence-corrected chi connectivity index (χ0v) is 12.3. The predicted octanol–water partition coefficient (Wildman–Crippen LogP) is 2.18. The van der Waals surface area contributed by atoms with Crippen LogP contribution in [0.2, 0.25) is 0 Å². The highest BCUT2D eigenvalue weighted by Gasteiger charge is 2.45. The van der Waals surface area contributed by atoms with Crippen molar-refractivity contribution in [1.82, 2.24) is 15.3 Å². The first-order valence-electron chi connectivity index (χ1n) is 6.67. The van der Waals surface area contributed by atoms with Crippen LogP contribution in [-0.2, 0) is 4.79 Å². The number of hydrogen-bond acceptors (Lipinski definition) is 4. The van der Waals surface area contributed by atoms with Gasteiger partial charge in [0.2, 0.25) is 0 Å². The van der Waals surface area contributed by atoms with Crippen LogP contribution in [0.25, 0.3) is 11.3 Å². The quantitative estimate of drug-likeness (QED) is 0.807. The van der Waals surface area contributed by atoms with Crippen LogP contribution in [0.1, 0.15) is 34.8 Å². The fourth-order valence-corrected chi connectivity index (χ4v) is 3.00. The van der Waals surface area contributed by atoms with Crippen molar-refractivity contribution in [2.45, 2.75) is 31.7 Å². The number of carbonyl (C=O) groups excluding carboxylic acids is 1. The van der Waals surface area contributed by atoms with E-state index in [0.717, 1.165) is 22.7 Å². The highest BCUT2D eigenvalue weighted by atomic mass is 32.1. The molecule has 0 saturated heterocycles. The van der Waals surface area contributed by atoms with E-state index in [4.69, 9.17) is 0 Å². The molecule has 0 radical (unpaired) electrons. The van der Waals surface area contributed by atoms with Crippen molar-refractivity contribution in [1.29, 1.82) is 0 Å². The smallest absolute Gasteiger partial charge is 0.329 e. The molecule has 2 heterocycles. The molecule has 1 aliphatic carbocycles. The van der Waals surface area contributed by atoms with Crippen LogP contribution in [0, 0.1) is 6.92 Å². The number of nitrogens with zero attached hydrogens (tertiary/aromatic N) is 1. The van der Waals surface area contributed by atoms with Gasteiger partial charge in [-0.05, 0) is 32.3 Å². The Morgan fingerprint density at radius 2 is 2.24 bits per heavy atom. The molecular weight excluding hydrogens is 290 g/mol. The third-order valence-corrected chi connectivity index (χ3v) is 4.59. The number of carbonyl (C=O) groups is 2. The minimum Gasteiger partial charge on any atom is -0.480 e. The Kier molecular flexibility index (Phi) is 3.29. The van der Waals surface area contributed by atoms with Crippen molar-refractivity contribution in [3.05, 3.63) is 28.3 Å². The Hall–Kier alpha value is -2.15. The lowest BCUT2D eigenvalue weighted by Crippen LogP contribution is -2.59. The minimum absolute atomic E-state index is 0.350. The number of nitrogens with one attached hydrogen (secondary N) is 2. The molecule has 0 atom stereocenters. The van der Waals surface area contributed by atoms with E-state index in [1.807, 2.05) is 12.3 Å². The Morgan fingerprint density at radius 1 is 1.48 bits per heavy atom. The third-order valence-electron chi connectivity index (χ3n) is 3.81. The average molecular weight is 305 g/mol. The zero-order chi connectivity index (χ0) is 15.0. The van der Waals surface area contributed by atoms with Gasteiger partial charge in [-0.25, -0.2) is 9.78 Å². The Balaban J connectivity index is 1.77. The largest absolute Gasteiger partial charge is 0.480 e. The highest BCUT2D eigenvalue weighted by molar-refractivity contribution is 7.09. The topological polar surface area (TPSA) is 95.1 Å². The number of aliphatic carboxylic acids is 1. The molecule has 3 N–H and O–H groups in total. The number of amides is 1. The second-order valence-electron chi connectivity index (χ2n) is 5.25. The van der Waals surface area contributed by atoms with Crippen LogP contribution < -0.4 is 5.32 Å². The van der Waals surface area contributed by atoms with Gasteiger partial charge in [-0.3, -0.25) is 4.79 Å². The van der Waals surface area contributed by atoms with Crippen molar-refractivity contribution < 1.29 is 14.7 Å². The van der Waals surface area contributed by atoms with E-state index < -0.39 is 17.4 Å². The lowest BCUT2D eigenvalue weighted by Gasteiger charge is -2.38. The van der Waals surface area contributed by atoms with Crippen molar-refractivity contribution in [3.63, 3.8) is 0 Å². The molecule has 1 fully saturated rings. The highest BCUT2D eigenvalue weighted by Crippen LogP contribution is 2.32. The van der Waals surface area contributed by atoms with Gasteiger partial charge in [0.05, 0.1) is 10.7 Å². The first kappa shape index (κ1) is 13.8. The van der Waals surface area contributed by atoms with E-state index in [1.54, 1.807) is 23.6 Å². The molecule has 2 aromatic rings. The molecule has 7 heteroatoms. The van der Waals surface area contributed by atoms with Gasteiger partial charge in [0.1, 0.15) is 11.2 Å². The number of aromatic nitrogens is 2. The molecular formula is C14H15N3O3S. The van der Waals surface area contributed by atoms with Crippen LogP contribution >= 0.6 is 11.3 Å². The number of carboxylic acids is 1. The summed E-state index contributed by atoms with van der Waals surface area (Å²) in [6, 6.07) is 1.69. The van der Waals surface area contributed by atoms with Gasteiger partial charge in [-0.2, -0.15) is 0 Å². The summed E-state index contributed by atoms with van der Waals surface area (Å²) in [5, 5.41) is 14.7. The van der Waals surface area contributed by atoms with Crippen LogP contribution in [0.15, 0.2) is 17.6 Å². The molecule has 1 aliphatic rings. The number of rotatable bonds is 4. The Bertz CT molecular complexity index is 700. The van der Waals surface area contributed by atoms with E-state index in [9.17, 15) is 14.7 Å². The first-order valence-corrected chi connectivity index (χ1v) is 7.55. The number of aromatic amines is 1. The van der Waals surface area contributed by atoms with E-state index in [2.05, 4.69) is 15.3 Å². The molecule has 0 unspecified atom stereocenters. The normalized spacial score (nSPS) is 16.2. The molecule has 0 spiro atoms. The van der Waals surface area contributed by atoms with Gasteiger partial charge < -0.3 is 15.4 Å². The molecule has 3 rings (SSSR count). The maximum Gasteiger partial charge on any atom is 0.329 e. The molecule has 2 aromatic heterocycles. The fourth-order valence-electron chi connectivity index (χ4n) is 2.38. The summed E-state index contributed by atoms with van der Waals surface area (Å²) in [6.07, 6.45) is 3.48. The van der Waals surface area contributed by atoms with Crippen molar-refractivity contribution in [2.75, 3.05) is 0 Å². The maximum absolute atomic E-state index is 12.2. The molecule has 1 saturated carbocycles. The van der Waals surface area contributed by atoms with Gasteiger partial charge in [0.15, 0.2) is 0 Å². The zero-order valence-electron chi connectivity index (χ0n) is 11.5. The summed E-state index contributed by atoms with van der Waals surface area (Å²) in [6.45, 7) is 1.92. The maximum atomic E-state index is 12.2. The number of hydrogen-bond donors (Lipinski definition) is 3. The van der Waals surface area contributed by atoms with E-state index in [0.29, 0.717) is 18.5 Å². The van der Waals surface area contributed by atoms with Crippen LogP contribution in [0.4, 0.5) is 0 Å². The summed E-state index contributed by atoms with van der Waals surface area (Å²) < 4.78 is 0. The first-order chi connectivity index (χ1) is 10.00. The van der Waals surface area contributed by atoms with Crippen molar-refractivity contribution >= 4 is 23.2 Å². The van der Waals surface area contributed by atoms with Crippen LogP contribution in [0.3, 0.4) is 0 Å². The summed E-state index contributed by atoms with van der Waals surface area (Å²) in [4.78, 5) is 30.7. The van der Waals surface area contributed by atoms with Crippen molar-refractivity contribution in [2.24, 2.45) is 0 Å². The molecule has 0 aromatic carbocycles. The number of aryl methyl sites for hydroxylation is 1. The van der Waals surface area contributed by atoms with Gasteiger partial charge >= 0.3 is 5.97 Å². The third kappa shape index (κ3) is 2.44. The molecule has 1 amide bonds. The van der Waals surface area contributed by atoms with Gasteiger partial charge in [0, 0.05) is 17.1 Å². The molecule has 0 bridgehead atoms. The van der Waals surface area contributed by atoms with E-state index in [1.165, 1.54) is 0 Å². The molecule has 0 aliphatic heterocycles. The van der Waals surface area contributed by atoms with Gasteiger partial charge in [-0.15, -0.1) is 11.3 Å². The predicted molar refractivity (Wildman–Crippen MR) is 78.3 cm³/mol. The Morgan fingerprint density at radius 3 is 2.76 bits per heavy atom. The minimum atomic E-state index is -1.10. The number of carboxylic acid groups (broad SMARTS) is 1. The van der Waals surface area contributed by atoms with Gasteiger partial charge in [0.25, 0.3) is 5.91 Å². The summed E-state index contributed by atoms with van der Waals surface area (Å²) >= 11 is 1.54. The lowest BCUT2D eigenvalue weighted by molar-refractivity contribution is -0.148. The van der Waals surface area contributed by atoms with Crippen molar-refractivity contribution in [3.8, 4) is 11.3 Å². The number of thiazole rings is 1. The Labute approximate surface area is 125 Å². The SMILES string of the molecule is Cc1nc(-c2c[nH]c(C(=O)NC3(C(=O)O)CCC3)c2)cs1. The standard InChI is InChI=1S/C14H15N3O3S/c1-8-16-11(7-21-8)9-5-10(15-6-9)12(18)17-14(13(19)20)3-2-4-14/h5-7,15H,2-4H2,1H3,(H,17,18)(H,19,20). The van der Waals surface area contributed by atoms with Crippen LogP contribution in [-0.4, -0.2) is 32.5 Å². The summed E-state index contributed by atoms with van der Waals surface area (Å²) in [5.41, 5.74) is 0.884. The van der Waals surface area contributed by atoms with E-state index in [-0.39, 0.29) is 0 Å². The molecule has 21 heavy (non-hydrogen) atoms. The average Bonchev–Trinajstić information content (AvgIpc) is 3.01. The van der Waals surface area contributed by atoms with E-state index >= 15 is 0 Å². The number of H-pyrrole nitrogens is 1. The fraction of sp³-hybridized carbons (Fsp3) is 0.357.